The first kappa shape index (κ1) is 17.3. The van der Waals surface area contributed by atoms with Crippen molar-refractivity contribution in [2.24, 2.45) is 5.92 Å². The van der Waals surface area contributed by atoms with Crippen molar-refractivity contribution in [2.45, 2.75) is 19.9 Å². The maximum atomic E-state index is 12.5. The smallest absolute Gasteiger partial charge is 0.336 e. The zero-order valence-electron chi connectivity index (χ0n) is 13.1. The predicted molar refractivity (Wildman–Crippen MR) is 80.8 cm³/mol. The number of nitrogens with zero attached hydrogens (tertiary/aromatic N) is 1. The number of carbonyl (C=O) groups is 3. The van der Waals surface area contributed by atoms with Gasteiger partial charge >= 0.3 is 11.9 Å². The number of methoxy groups -OCH3 is 1. The highest BCUT2D eigenvalue weighted by Crippen LogP contribution is 2.35. The van der Waals surface area contributed by atoms with E-state index in [1.54, 1.807) is 0 Å². The van der Waals surface area contributed by atoms with Crippen molar-refractivity contribution in [3.63, 3.8) is 0 Å². The Bertz CT molecular complexity index is 738. The van der Waals surface area contributed by atoms with Crippen LogP contribution in [0.5, 0.6) is 11.5 Å². The van der Waals surface area contributed by atoms with Crippen molar-refractivity contribution in [3.05, 3.63) is 35.0 Å². The summed E-state index contributed by atoms with van der Waals surface area (Å²) in [5, 5.41) is 27.9. The molecule has 1 heterocycles. The van der Waals surface area contributed by atoms with Gasteiger partial charge in [-0.05, 0) is 24.6 Å². The fraction of sp³-hybridized carbons (Fsp3) is 0.312. The summed E-state index contributed by atoms with van der Waals surface area (Å²) in [5.74, 6) is -4.22. The number of carboxylic acids is 1. The zero-order chi connectivity index (χ0) is 18.0. The number of esters is 1. The summed E-state index contributed by atoms with van der Waals surface area (Å²) < 4.78 is 4.66. The van der Waals surface area contributed by atoms with Crippen LogP contribution in [0.3, 0.4) is 0 Å². The summed E-state index contributed by atoms with van der Waals surface area (Å²) in [6.45, 7) is 1.56. The van der Waals surface area contributed by atoms with E-state index >= 15 is 0 Å². The van der Waals surface area contributed by atoms with Crippen molar-refractivity contribution in [2.75, 3.05) is 7.11 Å². The normalized spacial score (nSPS) is 17.3. The number of carboxylic acid groups (broad SMARTS) is 1. The number of phenols is 2. The van der Waals surface area contributed by atoms with Crippen LogP contribution in [0.1, 0.15) is 18.9 Å². The summed E-state index contributed by atoms with van der Waals surface area (Å²) in [6, 6.07) is 4.08. The minimum Gasteiger partial charge on any atom is -0.504 e. The number of aliphatic carboxylic acids is 1. The molecule has 1 aliphatic heterocycles. The monoisotopic (exact) mass is 335 g/mol. The summed E-state index contributed by atoms with van der Waals surface area (Å²) in [5.41, 5.74) is 0.844. The van der Waals surface area contributed by atoms with Crippen LogP contribution in [-0.2, 0) is 25.7 Å². The number of phenolic OH excluding ortho intramolecular Hbond substituents is 2. The van der Waals surface area contributed by atoms with Gasteiger partial charge in [0.15, 0.2) is 11.5 Å². The van der Waals surface area contributed by atoms with Gasteiger partial charge in [-0.25, -0.2) is 4.79 Å². The summed E-state index contributed by atoms with van der Waals surface area (Å²) in [4.78, 5) is 36.7. The average molecular weight is 335 g/mol. The van der Waals surface area contributed by atoms with Gasteiger partial charge in [-0.15, -0.1) is 0 Å². The third-order valence-corrected chi connectivity index (χ3v) is 3.87. The molecule has 1 atom stereocenters. The van der Waals surface area contributed by atoms with E-state index in [1.165, 1.54) is 30.0 Å². The molecule has 1 aliphatic rings. The lowest BCUT2D eigenvalue weighted by atomic mass is 9.97. The molecule has 0 saturated carbocycles. The fourth-order valence-corrected chi connectivity index (χ4v) is 2.68. The van der Waals surface area contributed by atoms with Crippen LogP contribution >= 0.6 is 0 Å². The van der Waals surface area contributed by atoms with Crippen molar-refractivity contribution in [1.29, 1.82) is 0 Å². The second-order valence-corrected chi connectivity index (χ2v) is 5.39. The van der Waals surface area contributed by atoms with Gasteiger partial charge in [-0.2, -0.15) is 0 Å². The van der Waals surface area contributed by atoms with Crippen LogP contribution in [0.15, 0.2) is 29.5 Å². The Kier molecular flexibility index (Phi) is 4.77. The first-order valence-electron chi connectivity index (χ1n) is 7.09. The summed E-state index contributed by atoms with van der Waals surface area (Å²) in [6.07, 6.45) is -0.516. The number of aromatic hydroxyl groups is 2. The SMILES string of the molecule is COC(=O)C1=C(C)N(Cc2ccc(O)c(O)c2)C(=O)C1CC(=O)O. The number of hydrogen-bond acceptors (Lipinski definition) is 6. The molecular weight excluding hydrogens is 318 g/mol. The molecule has 0 spiro atoms. The lowest BCUT2D eigenvalue weighted by Gasteiger charge is -2.19. The summed E-state index contributed by atoms with van der Waals surface area (Å²) in [7, 11) is 1.16. The topological polar surface area (TPSA) is 124 Å². The molecule has 1 unspecified atom stereocenters. The van der Waals surface area contributed by atoms with E-state index in [2.05, 4.69) is 4.74 Å². The maximum absolute atomic E-state index is 12.5. The number of hydrogen-bond donors (Lipinski definition) is 3. The van der Waals surface area contributed by atoms with Crippen LogP contribution in [-0.4, -0.2) is 45.2 Å². The largest absolute Gasteiger partial charge is 0.504 e. The van der Waals surface area contributed by atoms with E-state index in [0.717, 1.165) is 7.11 Å². The first-order chi connectivity index (χ1) is 11.3. The molecule has 128 valence electrons. The van der Waals surface area contributed by atoms with Gasteiger partial charge in [-0.1, -0.05) is 6.07 Å². The molecule has 24 heavy (non-hydrogen) atoms. The number of ether oxygens (including phenoxy) is 1. The van der Waals surface area contributed by atoms with Gasteiger partial charge in [0.25, 0.3) is 0 Å². The molecular formula is C16H17NO7. The molecule has 1 aromatic rings. The molecule has 0 saturated heterocycles. The van der Waals surface area contributed by atoms with Crippen molar-refractivity contribution >= 4 is 17.8 Å². The van der Waals surface area contributed by atoms with E-state index in [0.29, 0.717) is 11.3 Å². The Labute approximate surface area is 137 Å². The van der Waals surface area contributed by atoms with Gasteiger partial charge in [0, 0.05) is 5.70 Å². The highest BCUT2D eigenvalue weighted by atomic mass is 16.5. The summed E-state index contributed by atoms with van der Waals surface area (Å²) >= 11 is 0. The van der Waals surface area contributed by atoms with E-state index in [9.17, 15) is 24.6 Å². The standard InChI is InChI=1S/C16H17NO7/c1-8-14(16(23)24-2)10(6-13(20)21)15(22)17(8)7-9-3-4-11(18)12(19)5-9/h3-5,10,18-19H,6-7H2,1-2H3,(H,20,21). The first-order valence-corrected chi connectivity index (χ1v) is 7.09. The lowest BCUT2D eigenvalue weighted by Crippen LogP contribution is -2.29. The molecule has 0 radical (unpaired) electrons. The molecule has 0 fully saturated rings. The van der Waals surface area contributed by atoms with Crippen molar-refractivity contribution < 1.29 is 34.4 Å². The van der Waals surface area contributed by atoms with E-state index in [1.807, 2.05) is 0 Å². The van der Waals surface area contributed by atoms with E-state index in [-0.39, 0.29) is 23.6 Å². The number of benzene rings is 1. The van der Waals surface area contributed by atoms with Gasteiger partial charge < -0.3 is 25.0 Å². The molecule has 0 bridgehead atoms. The second kappa shape index (κ2) is 6.61. The average Bonchev–Trinajstić information content (AvgIpc) is 2.74. The minimum atomic E-state index is -1.20. The van der Waals surface area contributed by atoms with Crippen molar-refractivity contribution in [3.8, 4) is 11.5 Å². The maximum Gasteiger partial charge on any atom is 0.336 e. The molecule has 8 heteroatoms. The van der Waals surface area contributed by atoms with Crippen molar-refractivity contribution in [1.82, 2.24) is 4.90 Å². The number of rotatable bonds is 5. The van der Waals surface area contributed by atoms with Gasteiger partial charge in [0.1, 0.15) is 0 Å². The third kappa shape index (κ3) is 3.17. The van der Waals surface area contributed by atoms with Crippen LogP contribution in [0.25, 0.3) is 0 Å². The zero-order valence-corrected chi connectivity index (χ0v) is 13.1. The van der Waals surface area contributed by atoms with Crippen LogP contribution < -0.4 is 0 Å². The fourth-order valence-electron chi connectivity index (χ4n) is 2.68. The predicted octanol–water partition coefficient (Wildman–Crippen LogP) is 0.978. The molecule has 1 aromatic carbocycles. The van der Waals surface area contributed by atoms with Gasteiger partial charge in [0.05, 0.1) is 31.6 Å². The molecule has 3 N–H and O–H groups in total. The Morgan fingerprint density at radius 1 is 1.25 bits per heavy atom. The van der Waals surface area contributed by atoms with Crippen LogP contribution in [0.2, 0.25) is 0 Å². The highest BCUT2D eigenvalue weighted by Gasteiger charge is 2.42. The lowest BCUT2D eigenvalue weighted by molar-refractivity contribution is -0.143. The van der Waals surface area contributed by atoms with Gasteiger partial charge in [0.2, 0.25) is 5.91 Å². The number of amides is 1. The minimum absolute atomic E-state index is 0.0212. The third-order valence-electron chi connectivity index (χ3n) is 3.87. The second-order valence-electron chi connectivity index (χ2n) is 5.39. The Balaban J connectivity index is 2.36. The van der Waals surface area contributed by atoms with E-state index < -0.39 is 30.2 Å². The number of carbonyl (C=O) groups excluding carboxylic acids is 2. The quantitative estimate of drug-likeness (QED) is 0.541. The Morgan fingerprint density at radius 3 is 2.46 bits per heavy atom. The molecule has 8 nitrogen and oxygen atoms in total. The Morgan fingerprint density at radius 2 is 1.92 bits per heavy atom. The molecule has 0 aliphatic carbocycles. The highest BCUT2D eigenvalue weighted by molar-refractivity contribution is 6.03. The number of allylic oxidation sites excluding steroid dienone is 1. The Hall–Kier alpha value is -3.03. The van der Waals surface area contributed by atoms with E-state index in [4.69, 9.17) is 5.11 Å². The van der Waals surface area contributed by atoms with Crippen LogP contribution in [0.4, 0.5) is 0 Å². The molecule has 0 aromatic heterocycles. The molecule has 1 amide bonds. The van der Waals surface area contributed by atoms with Gasteiger partial charge in [-0.3, -0.25) is 9.59 Å². The molecule has 2 rings (SSSR count). The van der Waals surface area contributed by atoms with Crippen LogP contribution in [0, 0.1) is 5.92 Å².